The second-order valence-electron chi connectivity index (χ2n) is 14.4. The number of anilines is 2. The molecular formula is C38H48N14O13S. The predicted octanol–water partition coefficient (Wildman–Crippen LogP) is -3.18. The number of hydrogen-bond acceptors (Lipinski definition) is 17. The lowest BCUT2D eigenvalue weighted by Gasteiger charge is -2.24. The normalized spacial score (nSPS) is 15.2. The molecule has 5 atom stereocenters. The van der Waals surface area contributed by atoms with Gasteiger partial charge in [0, 0.05) is 42.9 Å². The molecule has 6 amide bonds. The van der Waals surface area contributed by atoms with Crippen LogP contribution in [0.15, 0.2) is 40.2 Å². The maximum atomic E-state index is 13.5. The van der Waals surface area contributed by atoms with Crippen molar-refractivity contribution in [2.75, 3.05) is 29.9 Å². The van der Waals surface area contributed by atoms with Crippen LogP contribution in [0.25, 0.3) is 11.2 Å². The molecule has 3 heterocycles. The number of aromatic nitrogens is 4. The molecule has 1 fully saturated rings. The molecule has 0 radical (unpaired) electrons. The number of imide groups is 1. The Morgan fingerprint density at radius 3 is 2.18 bits per heavy atom. The molecule has 15 N–H and O–H groups in total. The van der Waals surface area contributed by atoms with E-state index in [2.05, 4.69) is 51.5 Å². The summed E-state index contributed by atoms with van der Waals surface area (Å²) in [5.74, 6) is -10.3. The molecule has 4 rings (SSSR count). The molecule has 1 aliphatic heterocycles. The summed E-state index contributed by atoms with van der Waals surface area (Å²) in [6, 6.07) is -0.761. The van der Waals surface area contributed by atoms with Crippen molar-refractivity contribution in [2.24, 2.45) is 16.5 Å². The van der Waals surface area contributed by atoms with E-state index in [9.17, 15) is 63.3 Å². The van der Waals surface area contributed by atoms with Crippen LogP contribution >= 0.6 is 11.8 Å². The predicted molar refractivity (Wildman–Crippen MR) is 233 cm³/mol. The van der Waals surface area contributed by atoms with Gasteiger partial charge in [0.2, 0.25) is 35.5 Å². The molecular weight excluding hydrogens is 893 g/mol. The average molecular weight is 941 g/mol. The summed E-state index contributed by atoms with van der Waals surface area (Å²) in [5.41, 5.74) is 16.7. The fourth-order valence-electron chi connectivity index (χ4n) is 6.23. The third-order valence-electron chi connectivity index (χ3n) is 9.58. The number of aromatic amines is 1. The number of H-pyrrole nitrogens is 1. The lowest BCUT2D eigenvalue weighted by atomic mass is 10.1. The number of likely N-dealkylation sites (tertiary alicyclic amines) is 1. The largest absolute Gasteiger partial charge is 0.481 e. The van der Waals surface area contributed by atoms with Gasteiger partial charge in [0.25, 0.3) is 11.5 Å². The molecule has 28 heteroatoms. The number of nitrogen functional groups attached to an aromatic ring is 1. The second kappa shape index (κ2) is 23.7. The molecule has 0 bridgehead atoms. The molecule has 1 saturated heterocycles. The number of guanidine groups is 1. The van der Waals surface area contributed by atoms with E-state index >= 15 is 0 Å². The molecule has 2 aromatic heterocycles. The molecule has 27 nitrogen and oxygen atoms in total. The minimum absolute atomic E-state index is 0.0135. The Morgan fingerprint density at radius 1 is 0.894 bits per heavy atom. The van der Waals surface area contributed by atoms with Crippen LogP contribution in [0.5, 0.6) is 0 Å². The quantitative estimate of drug-likeness (QED) is 0.0172. The Hall–Kier alpha value is -7.91. The van der Waals surface area contributed by atoms with Crippen LogP contribution < -0.4 is 49.3 Å². The van der Waals surface area contributed by atoms with Gasteiger partial charge in [0.05, 0.1) is 30.1 Å². The zero-order valence-corrected chi connectivity index (χ0v) is 36.0. The van der Waals surface area contributed by atoms with E-state index in [0.29, 0.717) is 11.4 Å². The van der Waals surface area contributed by atoms with Gasteiger partial charge in [0.1, 0.15) is 24.2 Å². The Balaban J connectivity index is 1.36. The van der Waals surface area contributed by atoms with E-state index in [4.69, 9.17) is 17.2 Å². The van der Waals surface area contributed by atoms with Gasteiger partial charge in [0.15, 0.2) is 17.1 Å². The number of nitrogens with one attached hydrogen (secondary N) is 6. The van der Waals surface area contributed by atoms with Crippen molar-refractivity contribution in [1.29, 1.82) is 0 Å². The van der Waals surface area contributed by atoms with Gasteiger partial charge >= 0.3 is 17.9 Å². The number of benzene rings is 1. The maximum absolute atomic E-state index is 13.5. The number of amides is 6. The van der Waals surface area contributed by atoms with Crippen LogP contribution in [0, 0.1) is 0 Å². The first-order chi connectivity index (χ1) is 31.3. The maximum Gasteiger partial charge on any atom is 0.327 e. The Kier molecular flexibility index (Phi) is 18.2. The number of nitrogens with zero attached hydrogens (tertiary/aromatic N) is 5. The number of fused-ring (bicyclic) bond motifs is 1. The smallest absolute Gasteiger partial charge is 0.327 e. The lowest BCUT2D eigenvalue weighted by molar-refractivity contribution is -0.143. The molecule has 1 aromatic carbocycles. The van der Waals surface area contributed by atoms with Crippen LogP contribution in [0.2, 0.25) is 0 Å². The van der Waals surface area contributed by atoms with Crippen molar-refractivity contribution in [1.82, 2.24) is 46.1 Å². The van der Waals surface area contributed by atoms with Crippen molar-refractivity contribution < 1.29 is 58.5 Å². The number of carbonyl (C=O) groups is 9. The highest BCUT2D eigenvalue weighted by atomic mass is 32.2. The number of rotatable bonds is 25. The molecule has 66 heavy (non-hydrogen) atoms. The topological polar surface area (TPSA) is 440 Å². The molecule has 0 spiro atoms. The summed E-state index contributed by atoms with van der Waals surface area (Å²) in [5, 5.41) is 40.4. The summed E-state index contributed by atoms with van der Waals surface area (Å²) in [7, 11) is 0. The lowest BCUT2D eigenvalue weighted by Crippen LogP contribution is -2.56. The summed E-state index contributed by atoms with van der Waals surface area (Å²) in [6.07, 6.45) is -0.925. The van der Waals surface area contributed by atoms with Crippen molar-refractivity contribution in [2.45, 2.75) is 81.4 Å². The van der Waals surface area contributed by atoms with E-state index in [0.717, 1.165) is 16.7 Å². The Bertz CT molecular complexity index is 2430. The third-order valence-corrected chi connectivity index (χ3v) is 10.9. The van der Waals surface area contributed by atoms with Gasteiger partial charge in [-0.25, -0.2) is 19.6 Å². The van der Waals surface area contributed by atoms with E-state index < -0.39 is 113 Å². The summed E-state index contributed by atoms with van der Waals surface area (Å²) >= 11 is 0.806. The van der Waals surface area contributed by atoms with Gasteiger partial charge in [-0.15, -0.1) is 11.8 Å². The van der Waals surface area contributed by atoms with E-state index in [-0.39, 0.29) is 67.5 Å². The van der Waals surface area contributed by atoms with Crippen molar-refractivity contribution in [3.63, 3.8) is 0 Å². The molecule has 1 aliphatic rings. The van der Waals surface area contributed by atoms with Gasteiger partial charge in [-0.2, -0.15) is 4.98 Å². The van der Waals surface area contributed by atoms with E-state index in [1.807, 2.05) is 0 Å². The number of carboxylic acid groups (broad SMARTS) is 3. The van der Waals surface area contributed by atoms with Gasteiger partial charge < -0.3 is 59.1 Å². The Morgan fingerprint density at radius 2 is 1.56 bits per heavy atom. The molecule has 354 valence electrons. The zero-order valence-electron chi connectivity index (χ0n) is 35.1. The highest BCUT2D eigenvalue weighted by Crippen LogP contribution is 2.25. The van der Waals surface area contributed by atoms with Crippen LogP contribution in [-0.2, 0) is 44.9 Å². The van der Waals surface area contributed by atoms with Crippen molar-refractivity contribution in [3.8, 4) is 0 Å². The van der Waals surface area contributed by atoms with Gasteiger partial charge in [-0.05, 0) is 50.5 Å². The summed E-state index contributed by atoms with van der Waals surface area (Å²) in [6.45, 7) is 1.81. The fraction of sp³-hybridized carbons (Fsp3) is 0.421. The van der Waals surface area contributed by atoms with E-state index in [1.54, 1.807) is 6.92 Å². The highest BCUT2D eigenvalue weighted by molar-refractivity contribution is 8.00. The number of thioether (sulfide) groups is 1. The number of carboxylic acids is 3. The second-order valence-corrected chi connectivity index (χ2v) is 15.7. The monoisotopic (exact) mass is 940 g/mol. The molecule has 0 saturated carbocycles. The van der Waals surface area contributed by atoms with Crippen LogP contribution in [0.3, 0.4) is 0 Å². The number of nitrogens with two attached hydrogens (primary N) is 3. The van der Waals surface area contributed by atoms with Crippen molar-refractivity contribution >= 4 is 93.9 Å². The van der Waals surface area contributed by atoms with Gasteiger partial charge in [-0.1, -0.05) is 0 Å². The minimum atomic E-state index is -1.87. The number of carbonyl (C=O) groups excluding carboxylic acids is 6. The fourth-order valence-corrected chi connectivity index (χ4v) is 7.41. The average Bonchev–Trinajstić information content (AvgIpc) is 3.53. The Labute approximate surface area is 377 Å². The van der Waals surface area contributed by atoms with Crippen LogP contribution in [0.4, 0.5) is 11.6 Å². The van der Waals surface area contributed by atoms with Crippen molar-refractivity contribution in [3.05, 3.63) is 52.1 Å². The van der Waals surface area contributed by atoms with Crippen LogP contribution in [-0.4, -0.2) is 148 Å². The van der Waals surface area contributed by atoms with Crippen LogP contribution in [0.1, 0.15) is 61.5 Å². The SMILES string of the molecule is CCN1C(=O)CC(SC[C@H](NC(=O)[C@H](CC(=O)O)NC(=O)[C@H](CCCN=C(N)N)NC(=O)CC[C@H](NC(=O)c2ccc(NCc3cnc4nc(N)[nH]c(=O)c4n3)cc2)C(=O)O)C(=O)O)C1=O. The molecule has 3 aromatic rings. The molecule has 0 aliphatic carbocycles. The van der Waals surface area contributed by atoms with Gasteiger partial charge in [-0.3, -0.25) is 53.2 Å². The third kappa shape index (κ3) is 14.8. The minimum Gasteiger partial charge on any atom is -0.481 e. The zero-order chi connectivity index (χ0) is 48.7. The first kappa shape index (κ1) is 50.7. The summed E-state index contributed by atoms with van der Waals surface area (Å²) < 4.78 is 0. The van der Waals surface area contributed by atoms with E-state index in [1.165, 1.54) is 30.5 Å². The first-order valence-electron chi connectivity index (χ1n) is 20.0. The highest BCUT2D eigenvalue weighted by Gasteiger charge is 2.39. The number of aliphatic imine (C=N–C) groups is 1. The molecule has 1 unspecified atom stereocenters. The number of aliphatic carboxylic acids is 3. The summed E-state index contributed by atoms with van der Waals surface area (Å²) in [4.78, 5) is 145. The first-order valence-corrected chi connectivity index (χ1v) is 21.1. The standard InChI is InChI=1S/C38H48N14O13S/c1-2-52-26(54)13-24(34(52)61)66-16-23(36(64)65)49-32(59)22(12-27(55)56)48-31(58)20(4-3-11-42-37(39)40)46-25(53)10-9-21(35(62)63)47-30(57)17-5-7-18(8-6-17)43-14-19-15-44-29-28(45-19)33(60)51-38(41)50-29/h5-8,15,20-24,43H,2-4,9-14,16H2,1H3,(H,46,53)(H,47,57)(H,48,58)(H,49,59)(H,55,56)(H,62,63)(H,64,65)(H4,39,40,42)(H3,41,44,50,51,60)/t20-,21-,22-,23-,24?/m0/s1. The number of hydrogen-bond donors (Lipinski definition) is 12.